The standard InChI is InChI=1S/C28H30ClN5O4S/c1-5-38-27(37)19-7-6-10-32(14-19)24(35)13-21-15-39-28-30-18(4)25(26(36)33(21)28)22-11-17(3)34(31-22)23-12-20(29)9-8-16(23)2/h8-9,11-12,15,19H,5-7,10,13-14H2,1-4H3/t19-/m0/s1. The van der Waals surface area contributed by atoms with E-state index in [9.17, 15) is 14.4 Å². The maximum Gasteiger partial charge on any atom is 0.310 e. The number of hydrogen-bond acceptors (Lipinski definition) is 7. The molecule has 0 saturated carbocycles. The van der Waals surface area contributed by atoms with Gasteiger partial charge in [-0.15, -0.1) is 11.3 Å². The Morgan fingerprint density at radius 3 is 2.77 bits per heavy atom. The van der Waals surface area contributed by atoms with Gasteiger partial charge in [-0.1, -0.05) is 17.7 Å². The normalized spacial score (nSPS) is 15.6. The molecule has 0 N–H and O–H groups in total. The van der Waals surface area contributed by atoms with Gasteiger partial charge in [0.2, 0.25) is 5.91 Å². The number of nitrogens with zero attached hydrogens (tertiary/aromatic N) is 5. The van der Waals surface area contributed by atoms with E-state index in [0.717, 1.165) is 23.4 Å². The van der Waals surface area contributed by atoms with Crippen molar-refractivity contribution in [3.05, 3.63) is 67.7 Å². The SMILES string of the molecule is CCOC(=O)[C@H]1CCCN(C(=O)Cc2csc3nc(C)c(-c4cc(C)n(-c5cc(Cl)ccc5C)n4)c(=O)n23)C1. The minimum atomic E-state index is -0.318. The molecule has 1 aliphatic rings. The van der Waals surface area contributed by atoms with Crippen molar-refractivity contribution in [2.45, 2.75) is 47.0 Å². The minimum Gasteiger partial charge on any atom is -0.466 e. The maximum absolute atomic E-state index is 13.9. The van der Waals surface area contributed by atoms with Crippen molar-refractivity contribution in [3.63, 3.8) is 0 Å². The molecule has 1 aromatic carbocycles. The van der Waals surface area contributed by atoms with Gasteiger partial charge < -0.3 is 9.64 Å². The Morgan fingerprint density at radius 1 is 1.21 bits per heavy atom. The van der Waals surface area contributed by atoms with Gasteiger partial charge in [-0.25, -0.2) is 9.67 Å². The molecule has 1 amide bonds. The summed E-state index contributed by atoms with van der Waals surface area (Å²) < 4.78 is 8.45. The van der Waals surface area contributed by atoms with E-state index in [1.165, 1.54) is 15.7 Å². The zero-order valence-electron chi connectivity index (χ0n) is 22.4. The molecule has 0 bridgehead atoms. The quantitative estimate of drug-likeness (QED) is 0.317. The van der Waals surface area contributed by atoms with Crippen LogP contribution in [0.5, 0.6) is 0 Å². The Morgan fingerprint density at radius 2 is 2.00 bits per heavy atom. The van der Waals surface area contributed by atoms with E-state index in [-0.39, 0.29) is 29.8 Å². The van der Waals surface area contributed by atoms with Gasteiger partial charge in [-0.3, -0.25) is 18.8 Å². The van der Waals surface area contributed by atoms with Crippen molar-refractivity contribution >= 4 is 39.8 Å². The highest BCUT2D eigenvalue weighted by molar-refractivity contribution is 7.15. The monoisotopic (exact) mass is 567 g/mol. The lowest BCUT2D eigenvalue weighted by atomic mass is 9.98. The highest BCUT2D eigenvalue weighted by Gasteiger charge is 2.30. The fraction of sp³-hybridized carbons (Fsp3) is 0.393. The van der Waals surface area contributed by atoms with Crippen LogP contribution in [-0.4, -0.2) is 55.6 Å². The number of ether oxygens (including phenoxy) is 1. The number of carbonyl (C=O) groups excluding carboxylic acids is 2. The summed E-state index contributed by atoms with van der Waals surface area (Å²) in [6.45, 7) is 8.70. The number of benzene rings is 1. The van der Waals surface area contributed by atoms with Gasteiger partial charge >= 0.3 is 5.97 Å². The van der Waals surface area contributed by atoms with Crippen LogP contribution in [0.25, 0.3) is 21.9 Å². The first-order chi connectivity index (χ1) is 18.7. The predicted octanol–water partition coefficient (Wildman–Crippen LogP) is 4.53. The molecule has 1 saturated heterocycles. The molecule has 11 heteroatoms. The van der Waals surface area contributed by atoms with Crippen molar-refractivity contribution < 1.29 is 14.3 Å². The summed E-state index contributed by atoms with van der Waals surface area (Å²) in [5.74, 6) is -0.713. The van der Waals surface area contributed by atoms with Crippen LogP contribution in [-0.2, 0) is 20.7 Å². The second-order valence-electron chi connectivity index (χ2n) is 9.84. The first-order valence-electron chi connectivity index (χ1n) is 13.0. The highest BCUT2D eigenvalue weighted by atomic mass is 35.5. The summed E-state index contributed by atoms with van der Waals surface area (Å²) in [4.78, 5) is 46.2. The molecule has 4 aromatic rings. The summed E-state index contributed by atoms with van der Waals surface area (Å²) in [7, 11) is 0. The molecule has 0 spiro atoms. The number of halogens is 1. The number of amides is 1. The van der Waals surface area contributed by atoms with Gasteiger partial charge in [0.1, 0.15) is 5.69 Å². The number of aromatic nitrogens is 4. The number of esters is 1. The number of rotatable bonds is 6. The summed E-state index contributed by atoms with van der Waals surface area (Å²) in [5.41, 5.74) is 4.45. The van der Waals surface area contributed by atoms with E-state index in [1.807, 2.05) is 38.1 Å². The molecular formula is C28H30ClN5O4S. The molecule has 39 heavy (non-hydrogen) atoms. The summed E-state index contributed by atoms with van der Waals surface area (Å²) in [6.07, 6.45) is 1.48. The number of fused-ring (bicyclic) bond motifs is 1. The molecule has 5 rings (SSSR count). The van der Waals surface area contributed by atoms with Crippen LogP contribution in [0.4, 0.5) is 0 Å². The molecule has 4 heterocycles. The van der Waals surface area contributed by atoms with Crippen molar-refractivity contribution in [3.8, 4) is 16.9 Å². The Hall–Kier alpha value is -3.50. The molecule has 0 aliphatic carbocycles. The van der Waals surface area contributed by atoms with E-state index in [2.05, 4.69) is 4.98 Å². The minimum absolute atomic E-state index is 0.0365. The Balaban J connectivity index is 1.47. The molecule has 1 aliphatic heterocycles. The molecule has 204 valence electrons. The maximum atomic E-state index is 13.9. The first kappa shape index (κ1) is 27.1. The van der Waals surface area contributed by atoms with E-state index < -0.39 is 0 Å². The van der Waals surface area contributed by atoms with E-state index >= 15 is 0 Å². The third kappa shape index (κ3) is 5.23. The number of hydrogen-bond donors (Lipinski definition) is 0. The van der Waals surface area contributed by atoms with Crippen LogP contribution in [0.2, 0.25) is 5.02 Å². The van der Waals surface area contributed by atoms with Gasteiger partial charge in [0.25, 0.3) is 5.56 Å². The van der Waals surface area contributed by atoms with Crippen LogP contribution in [0.15, 0.2) is 34.4 Å². The Bertz CT molecular complexity index is 1640. The van der Waals surface area contributed by atoms with E-state index in [4.69, 9.17) is 21.4 Å². The molecule has 3 aromatic heterocycles. The van der Waals surface area contributed by atoms with Gasteiger partial charge in [0.05, 0.1) is 35.9 Å². The number of aryl methyl sites for hydroxylation is 3. The second-order valence-corrected chi connectivity index (χ2v) is 11.1. The van der Waals surface area contributed by atoms with Crippen molar-refractivity contribution in [1.29, 1.82) is 0 Å². The summed E-state index contributed by atoms with van der Waals surface area (Å²) in [6, 6.07) is 7.46. The fourth-order valence-corrected chi connectivity index (χ4v) is 6.19. The lowest BCUT2D eigenvalue weighted by Gasteiger charge is -2.31. The number of piperidine rings is 1. The van der Waals surface area contributed by atoms with Gasteiger partial charge in [0, 0.05) is 34.9 Å². The van der Waals surface area contributed by atoms with Gasteiger partial charge in [-0.2, -0.15) is 5.10 Å². The lowest BCUT2D eigenvalue weighted by Crippen LogP contribution is -2.43. The molecule has 9 nitrogen and oxygen atoms in total. The van der Waals surface area contributed by atoms with Crippen molar-refractivity contribution in [2.75, 3.05) is 19.7 Å². The van der Waals surface area contributed by atoms with Gasteiger partial charge in [-0.05, 0) is 64.3 Å². The third-order valence-corrected chi connectivity index (χ3v) is 8.20. The van der Waals surface area contributed by atoms with Crippen molar-refractivity contribution in [2.24, 2.45) is 5.92 Å². The lowest BCUT2D eigenvalue weighted by molar-refractivity contribution is -0.151. The number of thiazole rings is 1. The first-order valence-corrected chi connectivity index (χ1v) is 14.2. The summed E-state index contributed by atoms with van der Waals surface area (Å²) in [5, 5.41) is 7.16. The zero-order chi connectivity index (χ0) is 27.8. The summed E-state index contributed by atoms with van der Waals surface area (Å²) >= 11 is 7.56. The average molecular weight is 568 g/mol. The number of likely N-dealkylation sites (tertiary alicyclic amines) is 1. The van der Waals surface area contributed by atoms with Crippen molar-refractivity contribution in [1.82, 2.24) is 24.1 Å². The topological polar surface area (TPSA) is 98.8 Å². The predicted molar refractivity (Wildman–Crippen MR) is 151 cm³/mol. The third-order valence-electron chi connectivity index (χ3n) is 7.09. The Kier molecular flexibility index (Phi) is 7.59. The van der Waals surface area contributed by atoms with Crippen LogP contribution in [0, 0.1) is 26.7 Å². The number of carbonyl (C=O) groups is 2. The van der Waals surface area contributed by atoms with Crippen LogP contribution in [0.3, 0.4) is 0 Å². The van der Waals surface area contributed by atoms with Crippen LogP contribution >= 0.6 is 22.9 Å². The van der Waals surface area contributed by atoms with Gasteiger partial charge in [0.15, 0.2) is 4.96 Å². The van der Waals surface area contributed by atoms with Crippen LogP contribution < -0.4 is 5.56 Å². The smallest absolute Gasteiger partial charge is 0.310 e. The molecule has 0 radical (unpaired) electrons. The molecular weight excluding hydrogens is 538 g/mol. The zero-order valence-corrected chi connectivity index (χ0v) is 23.9. The molecule has 1 fully saturated rings. The largest absolute Gasteiger partial charge is 0.466 e. The molecule has 1 atom stereocenters. The highest BCUT2D eigenvalue weighted by Crippen LogP contribution is 2.26. The van der Waals surface area contributed by atoms with E-state index in [1.54, 1.807) is 28.8 Å². The van der Waals surface area contributed by atoms with Crippen LogP contribution in [0.1, 0.15) is 42.4 Å². The average Bonchev–Trinajstić information content (AvgIpc) is 3.48. The Labute approximate surface area is 235 Å². The second kappa shape index (κ2) is 10.9. The van der Waals surface area contributed by atoms with E-state index in [0.29, 0.717) is 58.7 Å². The molecule has 0 unspecified atom stereocenters. The fourth-order valence-electron chi connectivity index (χ4n) is 5.10.